The first-order valence-electron chi connectivity index (χ1n) is 23.5. The number of amides is 4. The fraction of sp³-hybridized carbons (Fsp3) is 0.423. The van der Waals surface area contributed by atoms with Crippen LogP contribution in [0.25, 0.3) is 22.1 Å². The van der Waals surface area contributed by atoms with Gasteiger partial charge in [0.1, 0.15) is 36.1 Å². The second-order valence-corrected chi connectivity index (χ2v) is 18.8. The van der Waals surface area contributed by atoms with E-state index < -0.39 is 24.3 Å². The molecule has 4 N–H and O–H groups in total. The molecule has 0 radical (unpaired) electrons. The van der Waals surface area contributed by atoms with Gasteiger partial charge in [-0.2, -0.15) is 0 Å². The predicted octanol–water partition coefficient (Wildman–Crippen LogP) is 8.77. The summed E-state index contributed by atoms with van der Waals surface area (Å²) in [5.41, 5.74) is 8.12. The maximum atomic E-state index is 13.9. The van der Waals surface area contributed by atoms with Crippen LogP contribution in [0.15, 0.2) is 91.0 Å². The Balaban J connectivity index is 1.00. The van der Waals surface area contributed by atoms with Crippen molar-refractivity contribution in [2.75, 3.05) is 27.3 Å². The first-order valence-corrected chi connectivity index (χ1v) is 23.5. The standard InChI is InChI=1S/C52H60N8O7/c1-29(2)45(57-51(63)65-5)49(61)59-24-10-14-40(59)47-53-36-22-18-33(26-38(36)55-47)43-42(32-16-20-35(21-17-32)67-28-31-12-8-7-9-13-31)44(43)34-19-23-37-39(27-34)56-48(54-37)41-15-11-25-60(41)50(62)46(30(3)4)58-52(64)66-6/h7-9,12-13,16-23,26-27,29-30,40-46H,10-11,14-15,24-25,28H2,1-6H3,(H,53,55)(H,54,56)(H,57,63)(H,58,64)/t40-,41-,42?,43?,44?,45-,46-/m0/s1. The summed E-state index contributed by atoms with van der Waals surface area (Å²) >= 11 is 0. The quantitative estimate of drug-likeness (QED) is 0.0830. The van der Waals surface area contributed by atoms with Crippen LogP contribution < -0.4 is 15.4 Å². The fourth-order valence-electron chi connectivity index (χ4n) is 10.3. The largest absolute Gasteiger partial charge is 0.489 e. The van der Waals surface area contributed by atoms with Crippen molar-refractivity contribution >= 4 is 46.1 Å². The smallest absolute Gasteiger partial charge is 0.407 e. The summed E-state index contributed by atoms with van der Waals surface area (Å²) in [6, 6.07) is 29.5. The minimum absolute atomic E-state index is 0.131. The average Bonchev–Trinajstić information content (AvgIpc) is 3.90. The Labute approximate surface area is 390 Å². The van der Waals surface area contributed by atoms with Crippen LogP contribution in [0.4, 0.5) is 9.59 Å². The van der Waals surface area contributed by atoms with Crippen LogP contribution in [-0.2, 0) is 25.7 Å². The first kappa shape index (κ1) is 45.3. The van der Waals surface area contributed by atoms with E-state index in [9.17, 15) is 19.2 Å². The molecule has 0 bridgehead atoms. The molecular weight excluding hydrogens is 849 g/mol. The maximum absolute atomic E-state index is 13.9. The SMILES string of the molecule is COC(=O)N[C@H](C(=O)N1CCC[C@H]1c1nc2ccc(C3C(c4ccc(OCc5ccccc5)cc4)C3c3ccc4nc([C@@H]5CCCN5C(=O)[C@@H](NC(=O)OC)C(C)C)[nH]c4c3)cc2[nH]1)C(C)C. The second kappa shape index (κ2) is 19.1. The highest BCUT2D eigenvalue weighted by molar-refractivity contribution is 5.87. The van der Waals surface area contributed by atoms with Gasteiger partial charge < -0.3 is 44.6 Å². The second-order valence-electron chi connectivity index (χ2n) is 18.8. The van der Waals surface area contributed by atoms with Crippen LogP contribution >= 0.6 is 0 Å². The van der Waals surface area contributed by atoms with Gasteiger partial charge in [-0.25, -0.2) is 19.6 Å². The molecule has 3 fully saturated rings. The molecule has 2 unspecified atom stereocenters. The number of H-pyrrole nitrogens is 2. The summed E-state index contributed by atoms with van der Waals surface area (Å²) in [5, 5.41) is 5.48. The summed E-state index contributed by atoms with van der Waals surface area (Å²) in [4.78, 5) is 73.1. The van der Waals surface area contributed by atoms with Crippen LogP contribution in [-0.4, -0.2) is 93.1 Å². The molecular formula is C52H60N8O7. The lowest BCUT2D eigenvalue weighted by Crippen LogP contribution is -2.51. The number of hydrogen-bond acceptors (Lipinski definition) is 9. The summed E-state index contributed by atoms with van der Waals surface area (Å²) in [7, 11) is 2.59. The van der Waals surface area contributed by atoms with Crippen molar-refractivity contribution in [1.29, 1.82) is 0 Å². The van der Waals surface area contributed by atoms with Crippen molar-refractivity contribution in [1.82, 2.24) is 40.4 Å². The number of methoxy groups -OCH3 is 2. The average molecular weight is 909 g/mol. The molecule has 9 rings (SSSR count). The molecule has 67 heavy (non-hydrogen) atoms. The van der Waals surface area contributed by atoms with Crippen molar-refractivity contribution in [2.24, 2.45) is 11.8 Å². The van der Waals surface area contributed by atoms with Crippen molar-refractivity contribution in [3.8, 4) is 5.75 Å². The molecule has 2 aliphatic heterocycles. The van der Waals surface area contributed by atoms with Crippen LogP contribution in [0.2, 0.25) is 0 Å². The van der Waals surface area contributed by atoms with E-state index in [4.69, 9.17) is 24.2 Å². The zero-order valence-electron chi connectivity index (χ0n) is 39.0. The number of hydrogen-bond donors (Lipinski definition) is 4. The number of fused-ring (bicyclic) bond motifs is 2. The fourth-order valence-corrected chi connectivity index (χ4v) is 10.3. The van der Waals surface area contributed by atoms with Gasteiger partial charge in [0.25, 0.3) is 0 Å². The van der Waals surface area contributed by atoms with E-state index in [1.165, 1.54) is 30.9 Å². The van der Waals surface area contributed by atoms with Crippen molar-refractivity contribution in [3.63, 3.8) is 0 Å². The third-order valence-electron chi connectivity index (χ3n) is 13.8. The Hall–Kier alpha value is -6.90. The van der Waals surface area contributed by atoms with Gasteiger partial charge in [0, 0.05) is 13.1 Å². The van der Waals surface area contributed by atoms with Crippen molar-refractivity contribution in [3.05, 3.63) is 125 Å². The number of carbonyl (C=O) groups is 4. The zero-order chi connectivity index (χ0) is 46.9. The van der Waals surface area contributed by atoms with E-state index in [2.05, 4.69) is 93.4 Å². The minimum Gasteiger partial charge on any atom is -0.489 e. The number of nitrogens with one attached hydrogen (secondary N) is 4. The molecule has 2 saturated heterocycles. The zero-order valence-corrected chi connectivity index (χ0v) is 39.0. The highest BCUT2D eigenvalue weighted by atomic mass is 16.5. The molecule has 1 aliphatic carbocycles. The highest BCUT2D eigenvalue weighted by Gasteiger charge is 2.53. The number of carbonyl (C=O) groups excluding carboxylic acids is 4. The Morgan fingerprint density at radius 3 is 1.52 bits per heavy atom. The number of benzene rings is 4. The van der Waals surface area contributed by atoms with Crippen molar-refractivity contribution in [2.45, 2.75) is 102 Å². The van der Waals surface area contributed by atoms with Crippen LogP contribution in [0.3, 0.4) is 0 Å². The summed E-state index contributed by atoms with van der Waals surface area (Å²) < 4.78 is 15.8. The van der Waals surface area contributed by atoms with E-state index in [0.717, 1.165) is 70.7 Å². The molecule has 2 aromatic heterocycles. The summed E-state index contributed by atoms with van der Waals surface area (Å²) in [5.74, 6) is 2.17. The van der Waals surface area contributed by atoms with E-state index in [1.807, 2.05) is 55.7 Å². The Kier molecular flexibility index (Phi) is 12.9. The summed E-state index contributed by atoms with van der Waals surface area (Å²) in [6.45, 7) is 9.28. The van der Waals surface area contributed by atoms with E-state index in [0.29, 0.717) is 19.7 Å². The molecule has 15 nitrogen and oxygen atoms in total. The molecule has 350 valence electrons. The van der Waals surface area contributed by atoms with Crippen LogP contribution in [0.1, 0.15) is 117 Å². The van der Waals surface area contributed by atoms with Crippen LogP contribution in [0.5, 0.6) is 5.75 Å². The molecule has 6 atom stereocenters. The minimum atomic E-state index is -0.717. The van der Waals surface area contributed by atoms with Gasteiger partial charge in [0.2, 0.25) is 11.8 Å². The van der Waals surface area contributed by atoms with Crippen LogP contribution in [0, 0.1) is 11.8 Å². The van der Waals surface area contributed by atoms with E-state index in [1.54, 1.807) is 0 Å². The Bertz CT molecular complexity index is 2610. The molecule has 4 heterocycles. The van der Waals surface area contributed by atoms with Gasteiger partial charge in [-0.05, 0) is 114 Å². The Morgan fingerprint density at radius 1 is 0.627 bits per heavy atom. The lowest BCUT2D eigenvalue weighted by Gasteiger charge is -2.29. The number of nitrogens with zero attached hydrogens (tertiary/aromatic N) is 4. The molecule has 0 spiro atoms. The third-order valence-corrected chi connectivity index (χ3v) is 13.8. The highest BCUT2D eigenvalue weighted by Crippen LogP contribution is 2.66. The number of aromatic amines is 2. The van der Waals surface area contributed by atoms with E-state index >= 15 is 0 Å². The lowest BCUT2D eigenvalue weighted by atomic mass is 10.0. The monoisotopic (exact) mass is 908 g/mol. The van der Waals surface area contributed by atoms with Gasteiger partial charge >= 0.3 is 12.2 Å². The number of alkyl carbamates (subject to hydrolysis) is 2. The molecule has 3 aliphatic rings. The summed E-state index contributed by atoms with van der Waals surface area (Å²) in [6.07, 6.45) is 1.92. The van der Waals surface area contributed by atoms with Gasteiger partial charge in [0.15, 0.2) is 0 Å². The maximum Gasteiger partial charge on any atom is 0.407 e. The van der Waals surface area contributed by atoms with Gasteiger partial charge in [-0.3, -0.25) is 9.59 Å². The topological polar surface area (TPSA) is 184 Å². The number of ether oxygens (including phenoxy) is 3. The molecule has 15 heteroatoms. The predicted molar refractivity (Wildman–Crippen MR) is 253 cm³/mol. The van der Waals surface area contributed by atoms with Crippen molar-refractivity contribution < 1.29 is 33.4 Å². The van der Waals surface area contributed by atoms with E-state index in [-0.39, 0.29) is 53.5 Å². The molecule has 4 amide bonds. The molecule has 4 aromatic carbocycles. The Morgan fingerprint density at radius 2 is 1.07 bits per heavy atom. The lowest BCUT2D eigenvalue weighted by molar-refractivity contribution is -0.136. The molecule has 6 aromatic rings. The number of likely N-dealkylation sites (tertiary alicyclic amines) is 2. The third kappa shape index (κ3) is 9.28. The van der Waals surface area contributed by atoms with Gasteiger partial charge in [-0.15, -0.1) is 0 Å². The first-order chi connectivity index (χ1) is 32.4. The normalized spacial score (nSPS) is 21.2. The molecule has 1 saturated carbocycles. The van der Waals surface area contributed by atoms with Gasteiger partial charge in [0.05, 0.1) is 48.4 Å². The van der Waals surface area contributed by atoms with Gasteiger partial charge in [-0.1, -0.05) is 82.3 Å². The number of rotatable bonds is 14. The number of aromatic nitrogens is 4. The number of imidazole rings is 2.